The first kappa shape index (κ1) is 4.99. The van der Waals surface area contributed by atoms with Gasteiger partial charge in [0.1, 0.15) is 6.23 Å². The number of hydrogen-bond acceptors (Lipinski definition) is 2. The highest BCUT2D eigenvalue weighted by molar-refractivity contribution is 5.85. The lowest BCUT2D eigenvalue weighted by Crippen LogP contribution is -2.27. The molecule has 0 aromatic heterocycles. The molecule has 3 atom stereocenters. The molecular formula is C6H7NO2. The number of rotatable bonds is 0. The molecule has 1 heterocycles. The van der Waals surface area contributed by atoms with Crippen LogP contribution in [0, 0.1) is 11.8 Å². The summed E-state index contributed by atoms with van der Waals surface area (Å²) in [5, 5.41) is 11.4. The van der Waals surface area contributed by atoms with Gasteiger partial charge < -0.3 is 10.4 Å². The van der Waals surface area contributed by atoms with E-state index in [0.717, 1.165) is 0 Å². The molecule has 1 fully saturated rings. The van der Waals surface area contributed by atoms with E-state index in [4.69, 9.17) is 5.11 Å². The molecule has 0 aromatic rings. The van der Waals surface area contributed by atoms with Crippen molar-refractivity contribution in [1.82, 2.24) is 5.32 Å². The van der Waals surface area contributed by atoms with Crippen LogP contribution in [-0.4, -0.2) is 17.2 Å². The molecule has 9 heavy (non-hydrogen) atoms. The number of carbonyl (C=O) groups is 1. The molecule has 1 saturated heterocycles. The highest BCUT2D eigenvalue weighted by atomic mass is 16.3. The van der Waals surface area contributed by atoms with E-state index in [1.165, 1.54) is 0 Å². The molecule has 1 amide bonds. The van der Waals surface area contributed by atoms with Crippen molar-refractivity contribution in [3.8, 4) is 0 Å². The standard InChI is InChI=1S/C6H7NO2/c8-5-3-1-2-4(3)6(9)7-5/h1-5,8H,(H,7,9)/t3-,4+,5?/m1/s1. The molecule has 2 N–H and O–H groups in total. The largest absolute Gasteiger partial charge is 0.373 e. The van der Waals surface area contributed by atoms with Gasteiger partial charge in [0.2, 0.25) is 5.91 Å². The summed E-state index contributed by atoms with van der Waals surface area (Å²) in [6, 6.07) is 0. The topological polar surface area (TPSA) is 49.3 Å². The quantitative estimate of drug-likeness (QED) is 0.418. The van der Waals surface area contributed by atoms with E-state index in [9.17, 15) is 4.79 Å². The molecule has 2 aliphatic rings. The lowest BCUT2D eigenvalue weighted by Gasteiger charge is -2.19. The normalized spacial score (nSPS) is 45.9. The second-order valence-electron chi connectivity index (χ2n) is 2.44. The fourth-order valence-electron chi connectivity index (χ4n) is 1.25. The van der Waals surface area contributed by atoms with E-state index in [0.29, 0.717) is 0 Å². The zero-order valence-electron chi connectivity index (χ0n) is 4.74. The first-order valence-corrected chi connectivity index (χ1v) is 2.96. The van der Waals surface area contributed by atoms with E-state index in [-0.39, 0.29) is 17.7 Å². The fourth-order valence-corrected chi connectivity index (χ4v) is 1.25. The Morgan fingerprint density at radius 1 is 1.56 bits per heavy atom. The Morgan fingerprint density at radius 2 is 2.33 bits per heavy atom. The predicted octanol–water partition coefficient (Wildman–Crippen LogP) is -0.763. The van der Waals surface area contributed by atoms with Crippen molar-refractivity contribution >= 4 is 5.91 Å². The molecule has 0 radical (unpaired) electrons. The molecule has 0 bridgehead atoms. The number of aliphatic hydroxyl groups is 1. The van der Waals surface area contributed by atoms with E-state index in [2.05, 4.69) is 5.32 Å². The molecule has 1 aliphatic carbocycles. The summed E-state index contributed by atoms with van der Waals surface area (Å²) in [4.78, 5) is 10.7. The van der Waals surface area contributed by atoms with Crippen molar-refractivity contribution in [2.45, 2.75) is 6.23 Å². The number of carbonyl (C=O) groups excluding carboxylic acids is 1. The zero-order valence-corrected chi connectivity index (χ0v) is 4.74. The van der Waals surface area contributed by atoms with E-state index >= 15 is 0 Å². The summed E-state index contributed by atoms with van der Waals surface area (Å²) in [5.41, 5.74) is 0. The van der Waals surface area contributed by atoms with Crippen LogP contribution in [0.2, 0.25) is 0 Å². The molecular weight excluding hydrogens is 118 g/mol. The van der Waals surface area contributed by atoms with Crippen LogP contribution in [0.4, 0.5) is 0 Å². The summed E-state index contributed by atoms with van der Waals surface area (Å²) in [7, 11) is 0. The smallest absolute Gasteiger partial charge is 0.229 e. The maximum absolute atomic E-state index is 10.7. The molecule has 0 aromatic carbocycles. The van der Waals surface area contributed by atoms with Crippen LogP contribution >= 0.6 is 0 Å². The maximum atomic E-state index is 10.7. The Labute approximate surface area is 52.4 Å². The van der Waals surface area contributed by atoms with Gasteiger partial charge in [0, 0.05) is 5.92 Å². The van der Waals surface area contributed by atoms with Gasteiger partial charge in [-0.05, 0) is 0 Å². The fraction of sp³-hybridized carbons (Fsp3) is 0.500. The monoisotopic (exact) mass is 125 g/mol. The van der Waals surface area contributed by atoms with Crippen molar-refractivity contribution < 1.29 is 9.90 Å². The second-order valence-corrected chi connectivity index (χ2v) is 2.44. The van der Waals surface area contributed by atoms with E-state index in [1.54, 1.807) is 0 Å². The SMILES string of the molecule is O=C1NC(O)[C@@H]2C=C[C@H]12. The number of amides is 1. The average Bonchev–Trinajstić information content (AvgIpc) is 1.73. The maximum Gasteiger partial charge on any atom is 0.229 e. The first-order chi connectivity index (χ1) is 4.29. The Bertz CT molecular complexity index is 187. The van der Waals surface area contributed by atoms with Gasteiger partial charge in [0.15, 0.2) is 0 Å². The van der Waals surface area contributed by atoms with Crippen LogP contribution in [0.1, 0.15) is 0 Å². The predicted molar refractivity (Wildman–Crippen MR) is 30.3 cm³/mol. The molecule has 0 saturated carbocycles. The first-order valence-electron chi connectivity index (χ1n) is 2.96. The lowest BCUT2D eigenvalue weighted by atomic mass is 9.84. The zero-order chi connectivity index (χ0) is 6.43. The summed E-state index contributed by atoms with van der Waals surface area (Å²) in [6.45, 7) is 0. The van der Waals surface area contributed by atoms with Crippen molar-refractivity contribution in [2.24, 2.45) is 11.8 Å². The molecule has 48 valence electrons. The Morgan fingerprint density at radius 3 is 2.56 bits per heavy atom. The Kier molecular flexibility index (Phi) is 0.754. The highest BCUT2D eigenvalue weighted by Crippen LogP contribution is 2.32. The molecule has 3 nitrogen and oxygen atoms in total. The summed E-state index contributed by atoms with van der Waals surface area (Å²) in [5.74, 6) is -0.0347. The highest BCUT2D eigenvalue weighted by Gasteiger charge is 2.42. The number of nitrogens with one attached hydrogen (secondary N) is 1. The van der Waals surface area contributed by atoms with Gasteiger partial charge in [0.05, 0.1) is 5.92 Å². The number of fused-ring (bicyclic) bond motifs is 1. The van der Waals surface area contributed by atoms with Crippen LogP contribution in [0.3, 0.4) is 0 Å². The van der Waals surface area contributed by atoms with Crippen molar-refractivity contribution in [3.63, 3.8) is 0 Å². The summed E-state index contributed by atoms with van der Waals surface area (Å²) >= 11 is 0. The third kappa shape index (κ3) is 0.471. The van der Waals surface area contributed by atoms with Gasteiger partial charge in [-0.3, -0.25) is 4.79 Å². The van der Waals surface area contributed by atoms with Gasteiger partial charge in [-0.15, -0.1) is 0 Å². The average molecular weight is 125 g/mol. The van der Waals surface area contributed by atoms with E-state index < -0.39 is 6.23 Å². The van der Waals surface area contributed by atoms with Gasteiger partial charge in [0.25, 0.3) is 0 Å². The second kappa shape index (κ2) is 1.36. The third-order valence-corrected chi connectivity index (χ3v) is 1.91. The third-order valence-electron chi connectivity index (χ3n) is 1.91. The van der Waals surface area contributed by atoms with Gasteiger partial charge >= 0.3 is 0 Å². The van der Waals surface area contributed by atoms with Crippen LogP contribution in [-0.2, 0) is 4.79 Å². The van der Waals surface area contributed by atoms with Crippen molar-refractivity contribution in [3.05, 3.63) is 12.2 Å². The van der Waals surface area contributed by atoms with Crippen molar-refractivity contribution in [2.75, 3.05) is 0 Å². The number of aliphatic hydroxyl groups excluding tert-OH is 1. The van der Waals surface area contributed by atoms with Gasteiger partial charge in [-0.2, -0.15) is 0 Å². The Hall–Kier alpha value is -0.830. The molecule has 1 unspecified atom stereocenters. The Balaban J connectivity index is 2.27. The van der Waals surface area contributed by atoms with Crippen LogP contribution in [0.25, 0.3) is 0 Å². The molecule has 0 spiro atoms. The molecule has 3 heteroatoms. The lowest BCUT2D eigenvalue weighted by molar-refractivity contribution is -0.122. The van der Waals surface area contributed by atoms with Crippen LogP contribution in [0.5, 0.6) is 0 Å². The minimum Gasteiger partial charge on any atom is -0.373 e. The van der Waals surface area contributed by atoms with E-state index in [1.807, 2.05) is 12.2 Å². The van der Waals surface area contributed by atoms with Crippen molar-refractivity contribution in [1.29, 1.82) is 0 Å². The summed E-state index contributed by atoms with van der Waals surface area (Å²) < 4.78 is 0. The van der Waals surface area contributed by atoms with Crippen LogP contribution < -0.4 is 5.32 Å². The minimum atomic E-state index is -0.632. The van der Waals surface area contributed by atoms with Crippen LogP contribution in [0.15, 0.2) is 12.2 Å². The molecule has 2 rings (SSSR count). The van der Waals surface area contributed by atoms with Gasteiger partial charge in [-0.25, -0.2) is 0 Å². The molecule has 1 aliphatic heterocycles. The summed E-state index contributed by atoms with van der Waals surface area (Å²) in [6.07, 6.45) is 3.04. The van der Waals surface area contributed by atoms with Gasteiger partial charge in [-0.1, -0.05) is 12.2 Å². The number of hydrogen-bond donors (Lipinski definition) is 2. The minimum absolute atomic E-state index is 0.0417.